The summed E-state index contributed by atoms with van der Waals surface area (Å²) in [6.45, 7) is 0.121. The van der Waals surface area contributed by atoms with Gasteiger partial charge in [0.15, 0.2) is 5.71 Å². The SMILES string of the molecule is N/N=C(\C=NC1CC1(F)F)C(=O)NCc1nnc(-c2ccccc2)s1. The summed E-state index contributed by atoms with van der Waals surface area (Å²) in [5, 5.41) is 15.2. The Morgan fingerprint density at radius 3 is 2.76 bits per heavy atom. The predicted molar refractivity (Wildman–Crippen MR) is 90.7 cm³/mol. The third-order valence-electron chi connectivity index (χ3n) is 3.43. The van der Waals surface area contributed by atoms with E-state index < -0.39 is 17.9 Å². The quantitative estimate of drug-likeness (QED) is 0.461. The molecule has 0 aliphatic heterocycles. The number of hydrogen-bond donors (Lipinski definition) is 2. The number of amides is 1. The summed E-state index contributed by atoms with van der Waals surface area (Å²) in [5.41, 5.74) is 0.703. The maximum absolute atomic E-state index is 12.8. The van der Waals surface area contributed by atoms with Gasteiger partial charge in [-0.15, -0.1) is 10.2 Å². The number of alkyl halides is 2. The van der Waals surface area contributed by atoms with E-state index in [1.165, 1.54) is 11.3 Å². The second-order valence-electron chi connectivity index (χ2n) is 5.32. The molecule has 1 heterocycles. The highest BCUT2D eigenvalue weighted by atomic mass is 32.1. The van der Waals surface area contributed by atoms with E-state index in [0.29, 0.717) is 5.01 Å². The van der Waals surface area contributed by atoms with Crippen LogP contribution in [0.15, 0.2) is 40.4 Å². The number of nitrogens with one attached hydrogen (secondary N) is 1. The molecule has 1 saturated carbocycles. The van der Waals surface area contributed by atoms with Crippen molar-refractivity contribution in [2.45, 2.75) is 24.9 Å². The number of aromatic nitrogens is 2. The first kappa shape index (κ1) is 17.1. The van der Waals surface area contributed by atoms with E-state index in [4.69, 9.17) is 5.84 Å². The molecule has 1 aliphatic carbocycles. The Balaban J connectivity index is 1.56. The minimum atomic E-state index is -2.80. The lowest BCUT2D eigenvalue weighted by atomic mass is 10.2. The predicted octanol–water partition coefficient (Wildman–Crippen LogP) is 1.61. The van der Waals surface area contributed by atoms with Crippen LogP contribution in [0.1, 0.15) is 11.4 Å². The summed E-state index contributed by atoms with van der Waals surface area (Å²) in [5.74, 6) is 1.70. The molecule has 1 amide bonds. The number of aliphatic imine (C=N–C) groups is 1. The molecule has 0 spiro atoms. The molecule has 1 atom stereocenters. The standard InChI is InChI=1S/C15H14F2N6OS/c16-15(17)6-11(15)19-7-10(21-18)13(24)20-8-12-22-23-14(25-12)9-4-2-1-3-5-9/h1-5,7,11H,6,8,18H2,(H,20,24)/b19-7?,21-10+. The van der Waals surface area contributed by atoms with Crippen molar-refractivity contribution < 1.29 is 13.6 Å². The van der Waals surface area contributed by atoms with E-state index in [2.05, 4.69) is 25.6 Å². The third-order valence-corrected chi connectivity index (χ3v) is 4.40. The van der Waals surface area contributed by atoms with Gasteiger partial charge in [0.1, 0.15) is 16.1 Å². The molecule has 1 aliphatic rings. The highest BCUT2D eigenvalue weighted by Crippen LogP contribution is 2.44. The third kappa shape index (κ3) is 4.21. The molecule has 1 unspecified atom stereocenters. The Hall–Kier alpha value is -2.75. The fraction of sp³-hybridized carbons (Fsp3) is 0.267. The van der Waals surface area contributed by atoms with Gasteiger partial charge in [-0.05, 0) is 0 Å². The van der Waals surface area contributed by atoms with Crippen LogP contribution in [0.3, 0.4) is 0 Å². The van der Waals surface area contributed by atoms with E-state index in [1.54, 1.807) is 0 Å². The summed E-state index contributed by atoms with van der Waals surface area (Å²) in [6.07, 6.45) is 0.645. The topological polar surface area (TPSA) is 106 Å². The summed E-state index contributed by atoms with van der Waals surface area (Å²) in [6, 6.07) is 8.40. The second-order valence-corrected chi connectivity index (χ2v) is 6.39. The summed E-state index contributed by atoms with van der Waals surface area (Å²) in [7, 11) is 0. The number of rotatable bonds is 6. The number of carbonyl (C=O) groups is 1. The minimum absolute atomic E-state index is 0.121. The average Bonchev–Trinajstić information content (AvgIpc) is 3.01. The number of hydrogen-bond acceptors (Lipinski definition) is 7. The Morgan fingerprint density at radius 1 is 1.40 bits per heavy atom. The maximum atomic E-state index is 12.8. The van der Waals surface area contributed by atoms with Crippen LogP contribution in [0.5, 0.6) is 0 Å². The van der Waals surface area contributed by atoms with Gasteiger partial charge in [0, 0.05) is 12.0 Å². The fourth-order valence-electron chi connectivity index (χ4n) is 1.94. The lowest BCUT2D eigenvalue weighted by Crippen LogP contribution is -2.32. The number of carbonyl (C=O) groups excluding carboxylic acids is 1. The highest BCUT2D eigenvalue weighted by Gasteiger charge is 2.57. The Morgan fingerprint density at radius 2 is 2.12 bits per heavy atom. The molecular formula is C15H14F2N6OS. The lowest BCUT2D eigenvalue weighted by molar-refractivity contribution is -0.114. The molecule has 3 rings (SSSR count). The normalized spacial score (nSPS) is 19.1. The van der Waals surface area contributed by atoms with Crippen molar-refractivity contribution in [2.75, 3.05) is 0 Å². The molecule has 10 heteroatoms. The van der Waals surface area contributed by atoms with Gasteiger partial charge in [0.05, 0.1) is 12.8 Å². The number of benzene rings is 1. The fourth-order valence-corrected chi connectivity index (χ4v) is 2.73. The zero-order valence-corrected chi connectivity index (χ0v) is 13.7. The monoisotopic (exact) mass is 364 g/mol. The van der Waals surface area contributed by atoms with Gasteiger partial charge in [-0.2, -0.15) is 5.10 Å². The summed E-state index contributed by atoms with van der Waals surface area (Å²) in [4.78, 5) is 15.6. The molecule has 0 saturated heterocycles. The first-order chi connectivity index (χ1) is 12.0. The number of nitrogens with two attached hydrogens (primary N) is 1. The highest BCUT2D eigenvalue weighted by molar-refractivity contribution is 7.14. The lowest BCUT2D eigenvalue weighted by Gasteiger charge is -2.01. The Labute approximate surface area is 145 Å². The molecule has 130 valence electrons. The zero-order chi connectivity index (χ0) is 17.9. The van der Waals surface area contributed by atoms with E-state index in [1.807, 2.05) is 30.3 Å². The molecule has 1 fully saturated rings. The molecule has 7 nitrogen and oxygen atoms in total. The van der Waals surface area contributed by atoms with Gasteiger partial charge in [0.2, 0.25) is 0 Å². The van der Waals surface area contributed by atoms with Crippen molar-refractivity contribution in [3.8, 4) is 10.6 Å². The van der Waals surface area contributed by atoms with Crippen LogP contribution < -0.4 is 11.2 Å². The number of halogens is 2. The zero-order valence-electron chi connectivity index (χ0n) is 12.9. The van der Waals surface area contributed by atoms with E-state index in [-0.39, 0.29) is 18.7 Å². The molecule has 3 N–H and O–H groups in total. The molecule has 25 heavy (non-hydrogen) atoms. The molecule has 0 radical (unpaired) electrons. The molecule has 0 bridgehead atoms. The maximum Gasteiger partial charge on any atom is 0.273 e. The van der Waals surface area contributed by atoms with Crippen molar-refractivity contribution >= 4 is 29.2 Å². The van der Waals surface area contributed by atoms with Gasteiger partial charge in [-0.3, -0.25) is 9.79 Å². The molecule has 2 aromatic rings. The van der Waals surface area contributed by atoms with Gasteiger partial charge < -0.3 is 11.2 Å². The van der Waals surface area contributed by atoms with Gasteiger partial charge in [-0.1, -0.05) is 41.7 Å². The average molecular weight is 364 g/mol. The number of hydrazone groups is 1. The molecule has 1 aromatic carbocycles. The summed E-state index contributed by atoms with van der Waals surface area (Å²) >= 11 is 1.33. The van der Waals surface area contributed by atoms with Crippen molar-refractivity contribution in [3.05, 3.63) is 35.3 Å². The van der Waals surface area contributed by atoms with Crippen LogP contribution >= 0.6 is 11.3 Å². The Bertz CT molecular complexity index is 820. The van der Waals surface area contributed by atoms with Crippen LogP contribution in [0.4, 0.5) is 8.78 Å². The van der Waals surface area contributed by atoms with E-state index >= 15 is 0 Å². The Kier molecular flexibility index (Phi) is 4.79. The van der Waals surface area contributed by atoms with Gasteiger partial charge >= 0.3 is 0 Å². The van der Waals surface area contributed by atoms with Gasteiger partial charge in [0.25, 0.3) is 11.8 Å². The largest absolute Gasteiger partial charge is 0.344 e. The van der Waals surface area contributed by atoms with E-state index in [0.717, 1.165) is 16.8 Å². The van der Waals surface area contributed by atoms with Crippen LogP contribution in [0.2, 0.25) is 0 Å². The number of nitrogens with zero attached hydrogens (tertiary/aromatic N) is 4. The van der Waals surface area contributed by atoms with Crippen molar-refractivity contribution in [1.82, 2.24) is 15.5 Å². The molecule has 1 aromatic heterocycles. The van der Waals surface area contributed by atoms with Crippen molar-refractivity contribution in [3.63, 3.8) is 0 Å². The first-order valence-electron chi connectivity index (χ1n) is 7.34. The van der Waals surface area contributed by atoms with Crippen LogP contribution in [-0.2, 0) is 11.3 Å². The van der Waals surface area contributed by atoms with Crippen LogP contribution in [-0.4, -0.2) is 40.0 Å². The smallest absolute Gasteiger partial charge is 0.273 e. The second kappa shape index (κ2) is 7.01. The van der Waals surface area contributed by atoms with Crippen molar-refractivity contribution in [1.29, 1.82) is 0 Å². The van der Waals surface area contributed by atoms with Crippen LogP contribution in [0.25, 0.3) is 10.6 Å². The van der Waals surface area contributed by atoms with Gasteiger partial charge in [-0.25, -0.2) is 8.78 Å². The minimum Gasteiger partial charge on any atom is -0.344 e. The van der Waals surface area contributed by atoms with Crippen LogP contribution in [0, 0.1) is 0 Å². The molecular weight excluding hydrogens is 350 g/mol. The summed E-state index contributed by atoms with van der Waals surface area (Å²) < 4.78 is 25.5. The van der Waals surface area contributed by atoms with Crippen molar-refractivity contribution in [2.24, 2.45) is 15.9 Å². The first-order valence-corrected chi connectivity index (χ1v) is 8.16. The van der Waals surface area contributed by atoms with E-state index in [9.17, 15) is 13.6 Å².